The topological polar surface area (TPSA) is 23.6 Å². The smallest absolute Gasteiger partial charge is 0.223 e. The van der Waals surface area contributed by atoms with Gasteiger partial charge in [-0.15, -0.1) is 0 Å². The lowest BCUT2D eigenvalue weighted by Crippen LogP contribution is -2.47. The number of hydrogen-bond acceptors (Lipinski definition) is 2. The quantitative estimate of drug-likeness (QED) is 0.747. The first kappa shape index (κ1) is 17.2. The molecule has 1 unspecified atom stereocenters. The number of allylic oxidation sites excluding steroid dienone is 2. The van der Waals surface area contributed by atoms with Crippen molar-refractivity contribution in [1.82, 2.24) is 9.80 Å². The number of carbonyl (C=O) groups is 1. The van der Waals surface area contributed by atoms with Crippen molar-refractivity contribution in [2.45, 2.75) is 44.6 Å². The Bertz CT molecular complexity index is 546. The molecule has 3 nitrogen and oxygen atoms in total. The first-order valence-electron chi connectivity index (χ1n) is 9.41. The standard InChI is InChI=1S/C21H30N2O/c1-22-14-12-20(13-15-22)23(16-11-18-7-3-2-4-8-18)21(24)17-19-9-5-6-10-19/h2-5,7-9,19-20H,6,10-17H2,1H3. The zero-order valence-electron chi connectivity index (χ0n) is 14.9. The molecular formula is C21H30N2O. The van der Waals surface area contributed by atoms with Gasteiger partial charge in [-0.05, 0) is 63.7 Å². The molecule has 1 atom stereocenters. The molecule has 1 saturated heterocycles. The lowest BCUT2D eigenvalue weighted by atomic mass is 9.99. The minimum Gasteiger partial charge on any atom is -0.339 e. The van der Waals surface area contributed by atoms with Gasteiger partial charge in [0.25, 0.3) is 0 Å². The fourth-order valence-electron chi connectivity index (χ4n) is 3.92. The average Bonchev–Trinajstić information content (AvgIpc) is 3.10. The van der Waals surface area contributed by atoms with Gasteiger partial charge in [0, 0.05) is 19.0 Å². The number of nitrogens with zero attached hydrogens (tertiary/aromatic N) is 2. The molecule has 1 aliphatic heterocycles. The molecule has 130 valence electrons. The van der Waals surface area contributed by atoms with Gasteiger partial charge < -0.3 is 9.80 Å². The van der Waals surface area contributed by atoms with Gasteiger partial charge in [-0.1, -0.05) is 42.5 Å². The van der Waals surface area contributed by atoms with Crippen molar-refractivity contribution in [1.29, 1.82) is 0 Å². The van der Waals surface area contributed by atoms with Gasteiger partial charge in [-0.2, -0.15) is 0 Å². The van der Waals surface area contributed by atoms with E-state index in [0.717, 1.165) is 51.7 Å². The predicted octanol–water partition coefficient (Wildman–Crippen LogP) is 3.51. The summed E-state index contributed by atoms with van der Waals surface area (Å²) in [6.07, 6.45) is 10.6. The molecule has 0 N–H and O–H groups in total. The summed E-state index contributed by atoms with van der Waals surface area (Å²) >= 11 is 0. The molecule has 0 aromatic heterocycles. The fourth-order valence-corrected chi connectivity index (χ4v) is 3.92. The second-order valence-corrected chi connectivity index (χ2v) is 7.33. The summed E-state index contributed by atoms with van der Waals surface area (Å²) in [6, 6.07) is 11.0. The van der Waals surface area contributed by atoms with Crippen LogP contribution >= 0.6 is 0 Å². The largest absolute Gasteiger partial charge is 0.339 e. The summed E-state index contributed by atoms with van der Waals surface area (Å²) in [5.74, 6) is 0.819. The Morgan fingerprint density at radius 3 is 2.58 bits per heavy atom. The van der Waals surface area contributed by atoms with Crippen LogP contribution in [0, 0.1) is 5.92 Å². The van der Waals surface area contributed by atoms with Crippen molar-refractivity contribution in [2.24, 2.45) is 5.92 Å². The zero-order valence-corrected chi connectivity index (χ0v) is 14.9. The highest BCUT2D eigenvalue weighted by atomic mass is 16.2. The summed E-state index contributed by atoms with van der Waals surface area (Å²) in [6.45, 7) is 3.06. The minimum atomic E-state index is 0.358. The van der Waals surface area contributed by atoms with E-state index in [0.29, 0.717) is 24.3 Å². The summed E-state index contributed by atoms with van der Waals surface area (Å²) < 4.78 is 0. The lowest BCUT2D eigenvalue weighted by molar-refractivity contribution is -0.135. The fraction of sp³-hybridized carbons (Fsp3) is 0.571. The van der Waals surface area contributed by atoms with Gasteiger partial charge in [-0.25, -0.2) is 0 Å². The minimum absolute atomic E-state index is 0.358. The molecule has 1 aromatic rings. The van der Waals surface area contributed by atoms with E-state index in [-0.39, 0.29) is 0 Å². The van der Waals surface area contributed by atoms with E-state index in [4.69, 9.17) is 0 Å². The Kier molecular flexibility index (Phi) is 6.08. The van der Waals surface area contributed by atoms with E-state index >= 15 is 0 Å². The highest BCUT2D eigenvalue weighted by molar-refractivity contribution is 5.77. The Labute approximate surface area is 146 Å². The Balaban J connectivity index is 1.63. The monoisotopic (exact) mass is 326 g/mol. The van der Waals surface area contributed by atoms with Crippen LogP contribution in [0.15, 0.2) is 42.5 Å². The molecule has 1 heterocycles. The second-order valence-electron chi connectivity index (χ2n) is 7.33. The van der Waals surface area contributed by atoms with E-state index in [9.17, 15) is 4.79 Å². The van der Waals surface area contributed by atoms with Crippen LogP contribution in [0.4, 0.5) is 0 Å². The van der Waals surface area contributed by atoms with Crippen LogP contribution < -0.4 is 0 Å². The Morgan fingerprint density at radius 1 is 1.17 bits per heavy atom. The summed E-state index contributed by atoms with van der Waals surface area (Å²) in [4.78, 5) is 17.6. The molecule has 3 heteroatoms. The lowest BCUT2D eigenvalue weighted by Gasteiger charge is -2.38. The number of likely N-dealkylation sites (tertiary alicyclic amines) is 1. The molecule has 2 aliphatic rings. The highest BCUT2D eigenvalue weighted by Crippen LogP contribution is 2.24. The summed E-state index contributed by atoms with van der Waals surface area (Å²) in [5, 5.41) is 0. The van der Waals surface area contributed by atoms with Crippen molar-refractivity contribution >= 4 is 5.91 Å². The normalized spacial score (nSPS) is 22.0. The van der Waals surface area contributed by atoms with Crippen LogP contribution in [0.1, 0.15) is 37.7 Å². The molecular weight excluding hydrogens is 296 g/mol. The van der Waals surface area contributed by atoms with E-state index in [1.807, 2.05) is 0 Å². The van der Waals surface area contributed by atoms with Crippen molar-refractivity contribution < 1.29 is 4.79 Å². The van der Waals surface area contributed by atoms with Crippen LogP contribution in [0.2, 0.25) is 0 Å². The van der Waals surface area contributed by atoms with Crippen LogP contribution in [0.5, 0.6) is 0 Å². The van der Waals surface area contributed by atoms with Crippen molar-refractivity contribution in [3.05, 3.63) is 48.0 Å². The SMILES string of the molecule is CN1CCC(N(CCc2ccccc2)C(=O)CC2C=CCC2)CC1. The van der Waals surface area contributed by atoms with Crippen LogP contribution in [0.25, 0.3) is 0 Å². The van der Waals surface area contributed by atoms with Crippen molar-refractivity contribution in [3.63, 3.8) is 0 Å². The summed E-state index contributed by atoms with van der Waals surface area (Å²) in [5.41, 5.74) is 1.32. The first-order valence-corrected chi connectivity index (χ1v) is 9.41. The van der Waals surface area contributed by atoms with Gasteiger partial charge in [0.05, 0.1) is 0 Å². The van der Waals surface area contributed by atoms with Crippen LogP contribution in [0.3, 0.4) is 0 Å². The van der Waals surface area contributed by atoms with Gasteiger partial charge in [0.15, 0.2) is 0 Å². The predicted molar refractivity (Wildman–Crippen MR) is 98.9 cm³/mol. The van der Waals surface area contributed by atoms with E-state index in [1.54, 1.807) is 0 Å². The summed E-state index contributed by atoms with van der Waals surface area (Å²) in [7, 11) is 2.18. The number of carbonyl (C=O) groups excluding carboxylic acids is 1. The Hall–Kier alpha value is -1.61. The molecule has 0 spiro atoms. The number of piperidine rings is 1. The number of benzene rings is 1. The molecule has 3 rings (SSSR count). The molecule has 1 aliphatic carbocycles. The maximum Gasteiger partial charge on any atom is 0.223 e. The number of hydrogen-bond donors (Lipinski definition) is 0. The van der Waals surface area contributed by atoms with E-state index in [1.165, 1.54) is 5.56 Å². The third-order valence-corrected chi connectivity index (χ3v) is 5.48. The van der Waals surface area contributed by atoms with Crippen LogP contribution in [-0.2, 0) is 11.2 Å². The molecule has 0 saturated carbocycles. The van der Waals surface area contributed by atoms with Crippen molar-refractivity contribution in [3.8, 4) is 0 Å². The molecule has 1 aromatic carbocycles. The Morgan fingerprint density at radius 2 is 1.92 bits per heavy atom. The average molecular weight is 326 g/mol. The maximum absolute atomic E-state index is 13.0. The molecule has 1 amide bonds. The first-order chi connectivity index (χ1) is 11.7. The third kappa shape index (κ3) is 4.70. The van der Waals surface area contributed by atoms with Gasteiger partial charge in [-0.3, -0.25) is 4.79 Å². The second kappa shape index (κ2) is 8.48. The molecule has 1 fully saturated rings. The van der Waals surface area contributed by atoms with Gasteiger partial charge >= 0.3 is 0 Å². The van der Waals surface area contributed by atoms with E-state index < -0.39 is 0 Å². The van der Waals surface area contributed by atoms with Crippen molar-refractivity contribution in [2.75, 3.05) is 26.7 Å². The molecule has 0 radical (unpaired) electrons. The van der Waals surface area contributed by atoms with E-state index in [2.05, 4.69) is 59.3 Å². The number of rotatable bonds is 6. The maximum atomic E-state index is 13.0. The number of amides is 1. The molecule has 24 heavy (non-hydrogen) atoms. The zero-order chi connectivity index (χ0) is 16.8. The third-order valence-electron chi connectivity index (χ3n) is 5.48. The highest BCUT2D eigenvalue weighted by Gasteiger charge is 2.28. The van der Waals surface area contributed by atoms with Gasteiger partial charge in [0.1, 0.15) is 0 Å². The van der Waals surface area contributed by atoms with Gasteiger partial charge in [0.2, 0.25) is 5.91 Å². The molecule has 0 bridgehead atoms. The van der Waals surface area contributed by atoms with Crippen LogP contribution in [-0.4, -0.2) is 48.4 Å².